The molecule has 0 bridgehead atoms. The number of thioether (sulfide) groups is 1. The zero-order valence-electron chi connectivity index (χ0n) is 15.6. The van der Waals surface area contributed by atoms with Crippen molar-refractivity contribution < 1.29 is 9.90 Å². The Morgan fingerprint density at radius 2 is 2.19 bits per heavy atom. The number of benzene rings is 1. The number of aliphatic hydroxyl groups is 1. The minimum Gasteiger partial charge on any atom is -0.396 e. The molecule has 0 unspecified atom stereocenters. The van der Waals surface area contributed by atoms with Crippen molar-refractivity contribution in [1.82, 2.24) is 14.5 Å². The molecule has 0 fully saturated rings. The van der Waals surface area contributed by atoms with Crippen LogP contribution in [0.2, 0.25) is 0 Å². The van der Waals surface area contributed by atoms with Crippen molar-refractivity contribution in [1.29, 1.82) is 0 Å². The zero-order valence-corrected chi connectivity index (χ0v) is 16.4. The van der Waals surface area contributed by atoms with Gasteiger partial charge in [-0.15, -0.1) is 0 Å². The van der Waals surface area contributed by atoms with Crippen molar-refractivity contribution in [2.45, 2.75) is 44.3 Å². The number of hydrogen-bond donors (Lipinski definition) is 1. The number of fused-ring (bicyclic) bond motifs is 1. The lowest BCUT2D eigenvalue weighted by molar-refractivity contribution is -0.126. The average molecular weight is 388 g/mol. The number of nitrogens with zero attached hydrogens (tertiary/aromatic N) is 3. The van der Waals surface area contributed by atoms with Crippen LogP contribution >= 0.6 is 11.8 Å². The van der Waals surface area contributed by atoms with E-state index in [0.29, 0.717) is 35.6 Å². The minimum atomic E-state index is -0.130. The van der Waals surface area contributed by atoms with Crippen molar-refractivity contribution >= 4 is 28.6 Å². The molecule has 0 saturated heterocycles. The molecule has 0 atom stereocenters. The van der Waals surface area contributed by atoms with E-state index in [2.05, 4.69) is 11.1 Å². The quantitative estimate of drug-likeness (QED) is 0.557. The number of aromatic nitrogens is 2. The molecule has 1 amide bonds. The first kappa shape index (κ1) is 19.6. The highest BCUT2D eigenvalue weighted by Gasteiger charge is 2.20. The van der Waals surface area contributed by atoms with Gasteiger partial charge in [0, 0.05) is 25.4 Å². The van der Waals surface area contributed by atoms with Crippen LogP contribution in [0.15, 0.2) is 46.0 Å². The number of rotatable bonds is 8. The first-order chi connectivity index (χ1) is 13.2. The van der Waals surface area contributed by atoms with Gasteiger partial charge >= 0.3 is 0 Å². The lowest BCUT2D eigenvalue weighted by Crippen LogP contribution is -2.31. The summed E-state index contributed by atoms with van der Waals surface area (Å²) >= 11 is 1.29. The van der Waals surface area contributed by atoms with Gasteiger partial charge in [0.1, 0.15) is 0 Å². The highest BCUT2D eigenvalue weighted by atomic mass is 32.2. The monoisotopic (exact) mass is 387 g/mol. The van der Waals surface area contributed by atoms with Crippen molar-refractivity contribution in [3.8, 4) is 0 Å². The molecule has 144 valence electrons. The lowest BCUT2D eigenvalue weighted by atomic mass is 10.2. The van der Waals surface area contributed by atoms with Gasteiger partial charge in [-0.3, -0.25) is 14.2 Å². The number of amides is 1. The van der Waals surface area contributed by atoms with Crippen LogP contribution < -0.4 is 5.56 Å². The maximum atomic E-state index is 12.8. The van der Waals surface area contributed by atoms with Crippen LogP contribution in [-0.4, -0.2) is 44.4 Å². The summed E-state index contributed by atoms with van der Waals surface area (Å²) in [7, 11) is 0. The van der Waals surface area contributed by atoms with Crippen molar-refractivity contribution in [3.63, 3.8) is 0 Å². The van der Waals surface area contributed by atoms with Gasteiger partial charge in [-0.25, -0.2) is 4.98 Å². The van der Waals surface area contributed by atoms with E-state index in [1.807, 2.05) is 24.0 Å². The molecule has 0 spiro atoms. The minimum absolute atomic E-state index is 0.0000707. The summed E-state index contributed by atoms with van der Waals surface area (Å²) < 4.78 is 1.57. The van der Waals surface area contributed by atoms with E-state index in [1.54, 1.807) is 16.7 Å². The Bertz CT molecular complexity index is 907. The number of carbonyl (C=O) groups excluding carboxylic acids is 1. The normalized spacial score (nSPS) is 13.8. The van der Waals surface area contributed by atoms with Gasteiger partial charge in [-0.05, 0) is 44.7 Å². The Balaban J connectivity index is 1.84. The lowest BCUT2D eigenvalue weighted by Gasteiger charge is -2.22. The summed E-state index contributed by atoms with van der Waals surface area (Å²) in [6.45, 7) is 3.01. The predicted molar refractivity (Wildman–Crippen MR) is 108 cm³/mol. The summed E-state index contributed by atoms with van der Waals surface area (Å²) in [5.74, 6) is 0.265. The van der Waals surface area contributed by atoms with Crippen LogP contribution in [0.25, 0.3) is 10.9 Å². The fourth-order valence-electron chi connectivity index (χ4n) is 3.33. The predicted octanol–water partition coefficient (Wildman–Crippen LogP) is 2.79. The summed E-state index contributed by atoms with van der Waals surface area (Å²) in [6, 6.07) is 7.22. The second-order valence-electron chi connectivity index (χ2n) is 6.46. The molecule has 7 heteroatoms. The third kappa shape index (κ3) is 4.42. The molecule has 1 aromatic heterocycles. The second-order valence-corrected chi connectivity index (χ2v) is 7.40. The van der Waals surface area contributed by atoms with Crippen LogP contribution in [0.1, 0.15) is 32.6 Å². The average Bonchev–Trinajstić information content (AvgIpc) is 3.21. The molecule has 1 aromatic carbocycles. The molecule has 0 radical (unpaired) electrons. The topological polar surface area (TPSA) is 75.4 Å². The van der Waals surface area contributed by atoms with Gasteiger partial charge in [0.2, 0.25) is 5.91 Å². The van der Waals surface area contributed by atoms with Gasteiger partial charge < -0.3 is 10.0 Å². The molecule has 1 aliphatic carbocycles. The summed E-state index contributed by atoms with van der Waals surface area (Å²) in [5, 5.41) is 10.2. The molecule has 1 N–H and O–H groups in total. The van der Waals surface area contributed by atoms with E-state index in [4.69, 9.17) is 5.11 Å². The standard InChI is InChI=1S/C20H25N3O3S/c1-2-22(15-8-3-4-9-15)18(25)14-27-20-21-17-11-6-5-10-16(17)19(26)23(20)12-7-13-24/h5-6,8,10-11,24H,2-4,7,9,12-14H2,1H3. The van der Waals surface area contributed by atoms with Crippen LogP contribution in [0.3, 0.4) is 0 Å². The van der Waals surface area contributed by atoms with E-state index < -0.39 is 0 Å². The molecule has 3 rings (SSSR count). The van der Waals surface area contributed by atoms with Crippen LogP contribution in [-0.2, 0) is 11.3 Å². The Morgan fingerprint density at radius 3 is 2.89 bits per heavy atom. The first-order valence-electron chi connectivity index (χ1n) is 9.38. The molecule has 27 heavy (non-hydrogen) atoms. The number of carbonyl (C=O) groups is 1. The van der Waals surface area contributed by atoms with Gasteiger partial charge in [0.05, 0.1) is 16.7 Å². The fraction of sp³-hybridized carbons (Fsp3) is 0.450. The summed E-state index contributed by atoms with van der Waals surface area (Å²) in [4.78, 5) is 32.0. The molecular weight excluding hydrogens is 362 g/mol. The van der Waals surface area contributed by atoms with Crippen LogP contribution in [0.5, 0.6) is 0 Å². The molecule has 1 heterocycles. The number of para-hydroxylation sites is 1. The molecule has 6 nitrogen and oxygen atoms in total. The van der Waals surface area contributed by atoms with E-state index in [9.17, 15) is 9.59 Å². The maximum Gasteiger partial charge on any atom is 0.262 e. The zero-order chi connectivity index (χ0) is 19.2. The van der Waals surface area contributed by atoms with Crippen molar-refractivity contribution in [2.75, 3.05) is 18.9 Å². The Labute approximate surface area is 162 Å². The van der Waals surface area contributed by atoms with Gasteiger partial charge in [-0.2, -0.15) is 0 Å². The van der Waals surface area contributed by atoms with Gasteiger partial charge in [0.15, 0.2) is 5.16 Å². The number of allylic oxidation sites excluding steroid dienone is 2. The van der Waals surface area contributed by atoms with E-state index in [1.165, 1.54) is 11.8 Å². The highest BCUT2D eigenvalue weighted by Crippen LogP contribution is 2.24. The maximum absolute atomic E-state index is 12.8. The molecule has 0 aliphatic heterocycles. The Hall–Kier alpha value is -2.12. The van der Waals surface area contributed by atoms with Crippen LogP contribution in [0.4, 0.5) is 0 Å². The van der Waals surface area contributed by atoms with E-state index in [-0.39, 0.29) is 23.8 Å². The Kier molecular flexibility index (Phi) is 6.68. The molecule has 1 aliphatic rings. The van der Waals surface area contributed by atoms with Crippen molar-refractivity contribution in [3.05, 3.63) is 46.4 Å². The fourth-order valence-corrected chi connectivity index (χ4v) is 4.23. The van der Waals surface area contributed by atoms with E-state index >= 15 is 0 Å². The van der Waals surface area contributed by atoms with Crippen LogP contribution in [0, 0.1) is 0 Å². The third-order valence-corrected chi connectivity index (χ3v) is 5.63. The third-order valence-electron chi connectivity index (χ3n) is 4.67. The first-order valence-corrected chi connectivity index (χ1v) is 10.4. The summed E-state index contributed by atoms with van der Waals surface area (Å²) in [6.07, 6.45) is 5.67. The molecular formula is C20H25N3O3S. The SMILES string of the molecule is CCN(C(=O)CSc1nc2ccccc2c(=O)n1CCCO)C1=CCCC1. The van der Waals surface area contributed by atoms with Crippen molar-refractivity contribution in [2.24, 2.45) is 0 Å². The molecule has 0 saturated carbocycles. The largest absolute Gasteiger partial charge is 0.396 e. The smallest absolute Gasteiger partial charge is 0.262 e. The summed E-state index contributed by atoms with van der Waals surface area (Å²) in [5.41, 5.74) is 1.60. The number of hydrogen-bond acceptors (Lipinski definition) is 5. The van der Waals surface area contributed by atoms with E-state index in [0.717, 1.165) is 25.0 Å². The number of aliphatic hydroxyl groups excluding tert-OH is 1. The van der Waals surface area contributed by atoms with Gasteiger partial charge in [0.25, 0.3) is 5.56 Å². The highest BCUT2D eigenvalue weighted by molar-refractivity contribution is 7.99. The van der Waals surface area contributed by atoms with Gasteiger partial charge in [-0.1, -0.05) is 30.0 Å². The second kappa shape index (κ2) is 9.19. The molecule has 2 aromatic rings. The Morgan fingerprint density at radius 1 is 1.37 bits per heavy atom.